The molecular formula is C9H17F2NO. The van der Waals surface area contributed by atoms with E-state index in [1.165, 1.54) is 0 Å². The lowest BCUT2D eigenvalue weighted by molar-refractivity contribution is -0.0817. The summed E-state index contributed by atoms with van der Waals surface area (Å²) in [5.41, 5.74) is -1.01. The van der Waals surface area contributed by atoms with Crippen LogP contribution >= 0.6 is 0 Å². The summed E-state index contributed by atoms with van der Waals surface area (Å²) in [6.45, 7) is 2.39. The van der Waals surface area contributed by atoms with Crippen molar-refractivity contribution in [2.75, 3.05) is 13.7 Å². The fourth-order valence-electron chi connectivity index (χ4n) is 1.77. The topological polar surface area (TPSA) is 21.3 Å². The van der Waals surface area contributed by atoms with Gasteiger partial charge in [0.05, 0.1) is 11.6 Å². The molecule has 2 nitrogen and oxygen atoms in total. The van der Waals surface area contributed by atoms with Gasteiger partial charge in [0, 0.05) is 6.61 Å². The highest BCUT2D eigenvalue weighted by atomic mass is 19.3. The van der Waals surface area contributed by atoms with Gasteiger partial charge in [-0.2, -0.15) is 0 Å². The third-order valence-corrected chi connectivity index (χ3v) is 2.86. The molecule has 0 aromatic rings. The van der Waals surface area contributed by atoms with Crippen molar-refractivity contribution >= 4 is 0 Å². The van der Waals surface area contributed by atoms with Crippen molar-refractivity contribution in [1.82, 2.24) is 5.32 Å². The number of halogens is 2. The monoisotopic (exact) mass is 193 g/mol. The van der Waals surface area contributed by atoms with Crippen LogP contribution in [0, 0.1) is 0 Å². The first-order chi connectivity index (χ1) is 6.14. The van der Waals surface area contributed by atoms with Gasteiger partial charge in [-0.05, 0) is 26.3 Å². The molecule has 1 rings (SSSR count). The van der Waals surface area contributed by atoms with Crippen molar-refractivity contribution in [3.05, 3.63) is 0 Å². The molecule has 1 saturated heterocycles. The summed E-state index contributed by atoms with van der Waals surface area (Å²) in [5, 5.41) is 2.75. The smallest absolute Gasteiger partial charge is 0.256 e. The Hall–Kier alpha value is -0.220. The molecule has 78 valence electrons. The summed E-state index contributed by atoms with van der Waals surface area (Å²) in [5.74, 6) is 0. The van der Waals surface area contributed by atoms with E-state index in [1.807, 2.05) is 6.92 Å². The summed E-state index contributed by atoms with van der Waals surface area (Å²) >= 11 is 0. The number of hydrogen-bond donors (Lipinski definition) is 1. The van der Waals surface area contributed by atoms with Crippen molar-refractivity contribution in [1.29, 1.82) is 0 Å². The molecule has 1 N–H and O–H groups in total. The SMILES string of the molecule is CCC1CC(NC)(C(F)F)CCO1. The second-order valence-corrected chi connectivity index (χ2v) is 3.56. The highest BCUT2D eigenvalue weighted by Crippen LogP contribution is 2.31. The summed E-state index contributed by atoms with van der Waals surface area (Å²) in [7, 11) is 1.60. The van der Waals surface area contributed by atoms with Crippen LogP contribution in [0.15, 0.2) is 0 Å². The first-order valence-electron chi connectivity index (χ1n) is 4.73. The Kier molecular flexibility index (Phi) is 3.62. The summed E-state index contributed by atoms with van der Waals surface area (Å²) in [6.07, 6.45) is -0.712. The van der Waals surface area contributed by atoms with Crippen molar-refractivity contribution in [2.45, 2.75) is 44.3 Å². The first kappa shape index (κ1) is 10.9. The second-order valence-electron chi connectivity index (χ2n) is 3.56. The van der Waals surface area contributed by atoms with Gasteiger partial charge in [0.15, 0.2) is 0 Å². The van der Waals surface area contributed by atoms with E-state index in [9.17, 15) is 8.78 Å². The molecule has 4 heteroatoms. The van der Waals surface area contributed by atoms with Gasteiger partial charge in [0.25, 0.3) is 6.43 Å². The number of nitrogens with one attached hydrogen (secondary N) is 1. The average Bonchev–Trinajstić information content (AvgIpc) is 2.17. The fourth-order valence-corrected chi connectivity index (χ4v) is 1.77. The zero-order chi connectivity index (χ0) is 9.90. The van der Waals surface area contributed by atoms with Crippen LogP contribution < -0.4 is 5.32 Å². The van der Waals surface area contributed by atoms with E-state index < -0.39 is 12.0 Å². The first-order valence-corrected chi connectivity index (χ1v) is 4.73. The quantitative estimate of drug-likeness (QED) is 0.738. The maximum absolute atomic E-state index is 12.8. The Bertz CT molecular complexity index is 166. The zero-order valence-corrected chi connectivity index (χ0v) is 8.15. The maximum Gasteiger partial charge on any atom is 0.256 e. The van der Waals surface area contributed by atoms with Gasteiger partial charge in [0.1, 0.15) is 0 Å². The van der Waals surface area contributed by atoms with Crippen molar-refractivity contribution < 1.29 is 13.5 Å². The second kappa shape index (κ2) is 4.33. The van der Waals surface area contributed by atoms with Crippen LogP contribution in [0.5, 0.6) is 0 Å². The van der Waals surface area contributed by atoms with E-state index in [-0.39, 0.29) is 6.10 Å². The molecule has 0 spiro atoms. The average molecular weight is 193 g/mol. The Labute approximate surface area is 77.6 Å². The van der Waals surface area contributed by atoms with Gasteiger partial charge in [-0.1, -0.05) is 6.92 Å². The predicted molar refractivity (Wildman–Crippen MR) is 47.1 cm³/mol. The molecule has 0 amide bonds. The van der Waals surface area contributed by atoms with Gasteiger partial charge in [-0.15, -0.1) is 0 Å². The molecule has 0 aliphatic carbocycles. The molecule has 0 bridgehead atoms. The molecule has 1 aliphatic heterocycles. The minimum absolute atomic E-state index is 0.0183. The molecule has 1 heterocycles. The Morgan fingerprint density at radius 3 is 2.77 bits per heavy atom. The predicted octanol–water partition coefficient (Wildman–Crippen LogP) is 1.80. The van der Waals surface area contributed by atoms with E-state index in [4.69, 9.17) is 4.74 Å². The van der Waals surface area contributed by atoms with Crippen LogP contribution in [0.25, 0.3) is 0 Å². The Balaban J connectivity index is 2.64. The van der Waals surface area contributed by atoms with Gasteiger partial charge in [-0.3, -0.25) is 0 Å². The largest absolute Gasteiger partial charge is 0.378 e. The van der Waals surface area contributed by atoms with E-state index in [0.717, 1.165) is 6.42 Å². The minimum atomic E-state index is -2.31. The number of ether oxygens (including phenoxy) is 1. The fraction of sp³-hybridized carbons (Fsp3) is 1.00. The molecule has 0 aromatic carbocycles. The van der Waals surface area contributed by atoms with Gasteiger partial charge < -0.3 is 10.1 Å². The van der Waals surface area contributed by atoms with Gasteiger partial charge >= 0.3 is 0 Å². The summed E-state index contributed by atoms with van der Waals surface area (Å²) < 4.78 is 30.9. The third-order valence-electron chi connectivity index (χ3n) is 2.86. The molecule has 2 atom stereocenters. The Morgan fingerprint density at radius 2 is 2.31 bits per heavy atom. The maximum atomic E-state index is 12.8. The summed E-state index contributed by atoms with van der Waals surface area (Å²) in [4.78, 5) is 0. The van der Waals surface area contributed by atoms with Crippen molar-refractivity contribution in [2.24, 2.45) is 0 Å². The zero-order valence-electron chi connectivity index (χ0n) is 8.15. The molecule has 0 saturated carbocycles. The number of hydrogen-bond acceptors (Lipinski definition) is 2. The van der Waals surface area contributed by atoms with Gasteiger partial charge in [0.2, 0.25) is 0 Å². The van der Waals surface area contributed by atoms with Crippen LogP contribution in [0.2, 0.25) is 0 Å². The van der Waals surface area contributed by atoms with Crippen LogP contribution in [-0.2, 0) is 4.74 Å². The van der Waals surface area contributed by atoms with Crippen molar-refractivity contribution in [3.63, 3.8) is 0 Å². The normalized spacial score (nSPS) is 35.3. The Morgan fingerprint density at radius 1 is 1.62 bits per heavy atom. The van der Waals surface area contributed by atoms with Crippen LogP contribution in [0.4, 0.5) is 8.78 Å². The minimum Gasteiger partial charge on any atom is -0.378 e. The van der Waals surface area contributed by atoms with Crippen LogP contribution in [-0.4, -0.2) is 31.7 Å². The van der Waals surface area contributed by atoms with Crippen LogP contribution in [0.3, 0.4) is 0 Å². The summed E-state index contributed by atoms with van der Waals surface area (Å²) in [6, 6.07) is 0. The van der Waals surface area contributed by atoms with Crippen LogP contribution in [0.1, 0.15) is 26.2 Å². The molecule has 0 aromatic heterocycles. The van der Waals surface area contributed by atoms with Gasteiger partial charge in [-0.25, -0.2) is 8.78 Å². The van der Waals surface area contributed by atoms with E-state index in [2.05, 4.69) is 5.32 Å². The third kappa shape index (κ3) is 2.17. The highest BCUT2D eigenvalue weighted by molar-refractivity contribution is 4.94. The van der Waals surface area contributed by atoms with E-state index in [1.54, 1.807) is 7.05 Å². The molecule has 2 unspecified atom stereocenters. The molecular weight excluding hydrogens is 176 g/mol. The standard InChI is InChI=1S/C9H17F2NO/c1-3-7-6-9(12-2,8(10)11)4-5-13-7/h7-8,12H,3-6H2,1-2H3. The van der Waals surface area contributed by atoms with Crippen molar-refractivity contribution in [3.8, 4) is 0 Å². The number of alkyl halides is 2. The lowest BCUT2D eigenvalue weighted by atomic mass is 9.86. The van der Waals surface area contributed by atoms with E-state index in [0.29, 0.717) is 19.4 Å². The highest BCUT2D eigenvalue weighted by Gasteiger charge is 2.42. The lowest BCUT2D eigenvalue weighted by Gasteiger charge is -2.39. The molecule has 13 heavy (non-hydrogen) atoms. The van der Waals surface area contributed by atoms with E-state index >= 15 is 0 Å². The number of rotatable bonds is 3. The molecule has 1 aliphatic rings. The lowest BCUT2D eigenvalue weighted by Crippen LogP contribution is -2.55. The molecule has 1 fully saturated rings. The molecule has 0 radical (unpaired) electrons.